The second-order valence-corrected chi connectivity index (χ2v) is 2.42. The van der Waals surface area contributed by atoms with Gasteiger partial charge < -0.3 is 16.4 Å². The van der Waals surface area contributed by atoms with Crippen LogP contribution in [0.5, 0.6) is 0 Å². The van der Waals surface area contributed by atoms with Crippen molar-refractivity contribution in [2.45, 2.75) is 13.3 Å². The zero-order valence-electron chi connectivity index (χ0n) is 6.84. The minimum absolute atomic E-state index is 0.736. The molecular formula is C7H19N3. The molecule has 0 aliphatic heterocycles. The lowest BCUT2D eigenvalue weighted by atomic mass is 10.4. The number of hydrogen-bond donors (Lipinski definition) is 2. The van der Waals surface area contributed by atoms with Crippen molar-refractivity contribution in [1.82, 2.24) is 4.90 Å². The molecule has 0 unspecified atom stereocenters. The molecule has 0 aliphatic carbocycles. The molecule has 0 amide bonds. The van der Waals surface area contributed by atoms with Crippen LogP contribution in [0.15, 0.2) is 0 Å². The molecule has 0 aliphatic rings. The quantitative estimate of drug-likeness (QED) is 0.535. The number of rotatable bonds is 6. The molecule has 0 spiro atoms. The fourth-order valence-corrected chi connectivity index (χ4v) is 1.02. The molecular weight excluding hydrogens is 126 g/mol. The van der Waals surface area contributed by atoms with Gasteiger partial charge in [-0.15, -0.1) is 0 Å². The smallest absolute Gasteiger partial charge is 0.0105 e. The molecule has 0 rings (SSSR count). The minimum Gasteiger partial charge on any atom is -0.329 e. The van der Waals surface area contributed by atoms with Crippen LogP contribution >= 0.6 is 0 Å². The highest BCUT2D eigenvalue weighted by atomic mass is 15.1. The minimum atomic E-state index is 0.736. The third-order valence-corrected chi connectivity index (χ3v) is 1.43. The molecule has 62 valence electrons. The highest BCUT2D eigenvalue weighted by molar-refractivity contribution is 4.56. The molecule has 3 nitrogen and oxygen atoms in total. The molecule has 3 heteroatoms. The lowest BCUT2D eigenvalue weighted by molar-refractivity contribution is 0.289. The summed E-state index contributed by atoms with van der Waals surface area (Å²) in [6.45, 7) is 6.71. The summed E-state index contributed by atoms with van der Waals surface area (Å²) in [5, 5.41) is 0. The van der Waals surface area contributed by atoms with Crippen LogP contribution in [0.25, 0.3) is 0 Å². The second-order valence-electron chi connectivity index (χ2n) is 2.42. The van der Waals surface area contributed by atoms with Crippen molar-refractivity contribution < 1.29 is 0 Å². The van der Waals surface area contributed by atoms with E-state index in [0.717, 1.165) is 32.7 Å². The number of hydrogen-bond acceptors (Lipinski definition) is 3. The number of nitrogens with zero attached hydrogens (tertiary/aromatic N) is 1. The summed E-state index contributed by atoms with van der Waals surface area (Å²) < 4.78 is 0. The summed E-state index contributed by atoms with van der Waals surface area (Å²) in [6, 6.07) is 0. The van der Waals surface area contributed by atoms with E-state index in [-0.39, 0.29) is 0 Å². The Morgan fingerprint density at radius 1 is 1.00 bits per heavy atom. The Kier molecular flexibility index (Phi) is 6.91. The van der Waals surface area contributed by atoms with E-state index in [2.05, 4.69) is 11.8 Å². The van der Waals surface area contributed by atoms with Crippen LogP contribution in [-0.2, 0) is 0 Å². The van der Waals surface area contributed by atoms with Gasteiger partial charge in [0.15, 0.2) is 0 Å². The molecule has 0 bridgehead atoms. The lowest BCUT2D eigenvalue weighted by Gasteiger charge is -2.19. The summed E-state index contributed by atoms with van der Waals surface area (Å²) in [4.78, 5) is 2.29. The average Bonchev–Trinajstić information content (AvgIpc) is 1.90. The normalized spacial score (nSPS) is 10.8. The molecule has 0 saturated carbocycles. The Hall–Kier alpha value is -0.120. The van der Waals surface area contributed by atoms with Crippen molar-refractivity contribution in [3.8, 4) is 0 Å². The van der Waals surface area contributed by atoms with Gasteiger partial charge in [0.1, 0.15) is 0 Å². The molecule has 0 radical (unpaired) electrons. The highest BCUT2D eigenvalue weighted by Crippen LogP contribution is 1.87. The maximum atomic E-state index is 5.41. The molecule has 0 heterocycles. The monoisotopic (exact) mass is 145 g/mol. The van der Waals surface area contributed by atoms with Gasteiger partial charge in [0.25, 0.3) is 0 Å². The van der Waals surface area contributed by atoms with Gasteiger partial charge >= 0.3 is 0 Å². The van der Waals surface area contributed by atoms with Gasteiger partial charge in [-0.05, 0) is 13.0 Å². The first-order chi connectivity index (χ1) is 4.85. The first-order valence-electron chi connectivity index (χ1n) is 3.97. The average molecular weight is 145 g/mol. The van der Waals surface area contributed by atoms with Gasteiger partial charge in [0.2, 0.25) is 0 Å². The molecule has 0 saturated heterocycles. The van der Waals surface area contributed by atoms with Crippen LogP contribution in [0.3, 0.4) is 0 Å². The van der Waals surface area contributed by atoms with Crippen LogP contribution in [-0.4, -0.2) is 37.6 Å². The second kappa shape index (κ2) is 6.99. The van der Waals surface area contributed by atoms with E-state index in [1.807, 2.05) is 0 Å². The topological polar surface area (TPSA) is 55.3 Å². The van der Waals surface area contributed by atoms with Gasteiger partial charge in [-0.25, -0.2) is 0 Å². The fourth-order valence-electron chi connectivity index (χ4n) is 1.02. The van der Waals surface area contributed by atoms with Gasteiger partial charge in [0.05, 0.1) is 0 Å². The largest absolute Gasteiger partial charge is 0.329 e. The van der Waals surface area contributed by atoms with Gasteiger partial charge in [-0.3, -0.25) is 0 Å². The molecule has 4 N–H and O–H groups in total. The van der Waals surface area contributed by atoms with Crippen LogP contribution in [0, 0.1) is 0 Å². The molecule has 0 aromatic carbocycles. The molecule has 0 aromatic heterocycles. The first-order valence-corrected chi connectivity index (χ1v) is 3.97. The van der Waals surface area contributed by atoms with E-state index in [4.69, 9.17) is 11.5 Å². The predicted octanol–water partition coefficient (Wildman–Crippen LogP) is -0.384. The molecule has 0 atom stereocenters. The first kappa shape index (κ1) is 9.88. The van der Waals surface area contributed by atoms with Gasteiger partial charge in [-0.2, -0.15) is 0 Å². The molecule has 0 fully saturated rings. The zero-order valence-corrected chi connectivity index (χ0v) is 6.84. The van der Waals surface area contributed by atoms with Crippen molar-refractivity contribution >= 4 is 0 Å². The van der Waals surface area contributed by atoms with Crippen LogP contribution in [0.1, 0.15) is 13.3 Å². The third kappa shape index (κ3) is 4.73. The standard InChI is InChI=1S/C7H19N3/c1-2-5-10(6-3-8)7-4-9/h2-9H2,1H3. The summed E-state index contributed by atoms with van der Waals surface area (Å²) in [5.74, 6) is 0. The van der Waals surface area contributed by atoms with E-state index < -0.39 is 0 Å². The SMILES string of the molecule is CCCN(CCN)CCN. The lowest BCUT2D eigenvalue weighted by Crippen LogP contribution is -2.34. The third-order valence-electron chi connectivity index (χ3n) is 1.43. The molecule has 0 aromatic rings. The predicted molar refractivity (Wildman–Crippen MR) is 44.8 cm³/mol. The number of nitrogens with two attached hydrogens (primary N) is 2. The molecule has 10 heavy (non-hydrogen) atoms. The van der Waals surface area contributed by atoms with E-state index >= 15 is 0 Å². The van der Waals surface area contributed by atoms with Crippen molar-refractivity contribution in [2.24, 2.45) is 11.5 Å². The van der Waals surface area contributed by atoms with Crippen LogP contribution < -0.4 is 11.5 Å². The maximum absolute atomic E-state index is 5.41. The summed E-state index contributed by atoms with van der Waals surface area (Å²) in [7, 11) is 0. The summed E-state index contributed by atoms with van der Waals surface area (Å²) >= 11 is 0. The Bertz CT molecular complexity index is 51.6. The van der Waals surface area contributed by atoms with Crippen LogP contribution in [0.4, 0.5) is 0 Å². The Labute approximate surface area is 63.4 Å². The van der Waals surface area contributed by atoms with Crippen LogP contribution in [0.2, 0.25) is 0 Å². The van der Waals surface area contributed by atoms with Crippen molar-refractivity contribution in [3.63, 3.8) is 0 Å². The van der Waals surface area contributed by atoms with E-state index in [9.17, 15) is 0 Å². The van der Waals surface area contributed by atoms with Crippen molar-refractivity contribution in [2.75, 3.05) is 32.7 Å². The van der Waals surface area contributed by atoms with E-state index in [0.29, 0.717) is 0 Å². The highest BCUT2D eigenvalue weighted by Gasteiger charge is 1.98. The van der Waals surface area contributed by atoms with E-state index in [1.54, 1.807) is 0 Å². The van der Waals surface area contributed by atoms with Gasteiger partial charge in [-0.1, -0.05) is 6.92 Å². The Morgan fingerprint density at radius 3 is 1.80 bits per heavy atom. The Balaban J connectivity index is 3.30. The summed E-state index contributed by atoms with van der Waals surface area (Å²) in [6.07, 6.45) is 1.18. The van der Waals surface area contributed by atoms with E-state index in [1.165, 1.54) is 6.42 Å². The van der Waals surface area contributed by atoms with Crippen molar-refractivity contribution in [1.29, 1.82) is 0 Å². The van der Waals surface area contributed by atoms with Gasteiger partial charge in [0, 0.05) is 26.2 Å². The summed E-state index contributed by atoms with van der Waals surface area (Å²) in [5.41, 5.74) is 10.8. The van der Waals surface area contributed by atoms with Crippen molar-refractivity contribution in [3.05, 3.63) is 0 Å². The zero-order chi connectivity index (χ0) is 7.82. The maximum Gasteiger partial charge on any atom is 0.0105 e. The fraction of sp³-hybridized carbons (Fsp3) is 1.00. The Morgan fingerprint density at radius 2 is 1.50 bits per heavy atom.